The lowest BCUT2D eigenvalue weighted by Crippen LogP contribution is -2.65. The van der Waals surface area contributed by atoms with Crippen molar-refractivity contribution >= 4 is 31.1 Å². The average molecular weight is 645 g/mol. The summed E-state index contributed by atoms with van der Waals surface area (Å²) in [5.41, 5.74) is -0.0925. The molecule has 2 aromatic rings. The third-order valence-corrected chi connectivity index (χ3v) is 10.7. The van der Waals surface area contributed by atoms with Gasteiger partial charge < -0.3 is 35.4 Å². The molecule has 7 atom stereocenters. The fraction of sp³-hybridized carbons (Fsp3) is 0.556. The van der Waals surface area contributed by atoms with Crippen molar-refractivity contribution in [2.24, 2.45) is 23.2 Å². The third kappa shape index (κ3) is 7.47. The lowest BCUT2D eigenvalue weighted by molar-refractivity contribution is -0.199. The Kier molecular flexibility index (Phi) is 10.3. The van der Waals surface area contributed by atoms with Gasteiger partial charge >= 0.3 is 7.12 Å². The van der Waals surface area contributed by atoms with Gasteiger partial charge in [0, 0.05) is 25.0 Å². The summed E-state index contributed by atoms with van der Waals surface area (Å²) in [7, 11) is -0.448. The number of hydrogen-bond acceptors (Lipinski definition) is 7. The molecule has 0 radical (unpaired) electrons. The van der Waals surface area contributed by atoms with Gasteiger partial charge in [-0.2, -0.15) is 0 Å². The Morgan fingerprint density at radius 3 is 2.26 bits per heavy atom. The van der Waals surface area contributed by atoms with Gasteiger partial charge in [0.1, 0.15) is 23.9 Å². The van der Waals surface area contributed by atoms with Crippen LogP contribution in [0.15, 0.2) is 60.7 Å². The fourth-order valence-corrected chi connectivity index (χ4v) is 7.64. The van der Waals surface area contributed by atoms with Crippen LogP contribution in [0.3, 0.4) is 0 Å². The first-order chi connectivity index (χ1) is 22.3. The number of hydrogen-bond donors (Lipinski definition) is 4. The molecule has 3 amide bonds. The second kappa shape index (κ2) is 13.9. The largest absolute Gasteiger partial charge is 0.472 e. The predicted octanol–water partition coefficient (Wildman–Crippen LogP) is 3.10. The van der Waals surface area contributed by atoms with Crippen LogP contribution in [0.25, 0.3) is 0 Å². The summed E-state index contributed by atoms with van der Waals surface area (Å²) < 4.78 is 12.8. The maximum absolute atomic E-state index is 13.8. The van der Waals surface area contributed by atoms with E-state index in [-0.39, 0.29) is 41.9 Å². The minimum Gasteiger partial charge on any atom is -0.405 e. The topological polar surface area (TPSA) is 135 Å². The van der Waals surface area contributed by atoms with Crippen LogP contribution < -0.4 is 21.3 Å². The molecule has 4 N–H and O–H groups in total. The van der Waals surface area contributed by atoms with Gasteiger partial charge in [-0.25, -0.2) is 0 Å². The molecule has 1 saturated heterocycles. The SMILES string of the molecule is CC(C)C(NC(=O)c1ccccc1)C(=O)NC(Cc1ccccc1)C(=O)NC(C)(C=O)CNCB1OC2CC3CC(C3(C)C)C2(C)O1. The summed E-state index contributed by atoms with van der Waals surface area (Å²) in [6, 6.07) is 16.1. The van der Waals surface area contributed by atoms with Crippen LogP contribution in [-0.4, -0.2) is 73.4 Å². The van der Waals surface area contributed by atoms with Crippen molar-refractivity contribution in [1.29, 1.82) is 0 Å². The van der Waals surface area contributed by atoms with E-state index in [9.17, 15) is 19.2 Å². The smallest absolute Gasteiger partial charge is 0.405 e. The summed E-state index contributed by atoms with van der Waals surface area (Å²) in [4.78, 5) is 52.6. The zero-order chi connectivity index (χ0) is 34.0. The van der Waals surface area contributed by atoms with Crippen LogP contribution >= 0.6 is 0 Å². The highest BCUT2D eigenvalue weighted by Gasteiger charge is 2.67. The Labute approximate surface area is 278 Å². The number of rotatable bonds is 14. The molecule has 252 valence electrons. The number of aldehydes is 1. The lowest BCUT2D eigenvalue weighted by Gasteiger charge is -2.64. The molecule has 2 bridgehead atoms. The molecule has 6 rings (SSSR count). The zero-order valence-electron chi connectivity index (χ0n) is 28.4. The third-order valence-electron chi connectivity index (χ3n) is 10.7. The number of benzene rings is 2. The van der Waals surface area contributed by atoms with Gasteiger partial charge in [0.25, 0.3) is 5.91 Å². The Hall–Kier alpha value is -3.54. The van der Waals surface area contributed by atoms with Crippen LogP contribution in [0.1, 0.15) is 70.3 Å². The van der Waals surface area contributed by atoms with E-state index >= 15 is 0 Å². The minimum atomic E-state index is -1.27. The highest BCUT2D eigenvalue weighted by molar-refractivity contribution is 6.45. The van der Waals surface area contributed by atoms with Gasteiger partial charge in [-0.15, -0.1) is 0 Å². The molecule has 47 heavy (non-hydrogen) atoms. The van der Waals surface area contributed by atoms with Gasteiger partial charge in [-0.05, 0) is 67.6 Å². The van der Waals surface area contributed by atoms with E-state index in [1.165, 1.54) is 0 Å². The lowest BCUT2D eigenvalue weighted by atomic mass is 9.43. The molecule has 3 saturated carbocycles. The molecular weight excluding hydrogens is 595 g/mol. The average Bonchev–Trinajstić information content (AvgIpc) is 3.39. The molecule has 7 unspecified atom stereocenters. The van der Waals surface area contributed by atoms with E-state index in [2.05, 4.69) is 42.0 Å². The maximum Gasteiger partial charge on any atom is 0.472 e. The van der Waals surface area contributed by atoms with Crippen LogP contribution in [0.5, 0.6) is 0 Å². The van der Waals surface area contributed by atoms with Crippen molar-refractivity contribution in [2.75, 3.05) is 13.0 Å². The van der Waals surface area contributed by atoms with Gasteiger partial charge in [-0.1, -0.05) is 76.2 Å². The van der Waals surface area contributed by atoms with E-state index in [4.69, 9.17) is 9.31 Å². The predicted molar refractivity (Wildman–Crippen MR) is 180 cm³/mol. The normalized spacial score (nSPS) is 26.6. The molecular formula is C36H49BN4O6. The first kappa shape index (κ1) is 34.8. The van der Waals surface area contributed by atoms with E-state index in [1.807, 2.05) is 50.2 Å². The fourth-order valence-electron chi connectivity index (χ4n) is 7.64. The monoisotopic (exact) mass is 644 g/mol. The minimum absolute atomic E-state index is 0.0535. The summed E-state index contributed by atoms with van der Waals surface area (Å²) in [5.74, 6) is -0.540. The molecule has 0 aromatic heterocycles. The molecule has 4 aliphatic rings. The summed E-state index contributed by atoms with van der Waals surface area (Å²) in [6.07, 6.45) is 3.46. The number of carbonyl (C=O) groups is 4. The van der Waals surface area contributed by atoms with Gasteiger partial charge in [0.15, 0.2) is 0 Å². The van der Waals surface area contributed by atoms with Crippen LogP contribution in [0.4, 0.5) is 0 Å². The number of nitrogens with one attached hydrogen (secondary N) is 4. The Morgan fingerprint density at radius 2 is 1.64 bits per heavy atom. The van der Waals surface area contributed by atoms with Crippen molar-refractivity contribution in [3.8, 4) is 0 Å². The summed E-state index contributed by atoms with van der Waals surface area (Å²) >= 11 is 0. The van der Waals surface area contributed by atoms with Gasteiger partial charge in [0.2, 0.25) is 11.8 Å². The molecule has 2 aromatic carbocycles. The van der Waals surface area contributed by atoms with Crippen LogP contribution in [0.2, 0.25) is 0 Å². The highest BCUT2D eigenvalue weighted by atomic mass is 16.7. The molecule has 4 fully saturated rings. The Morgan fingerprint density at radius 1 is 0.979 bits per heavy atom. The number of amides is 3. The Bertz CT molecular complexity index is 1440. The van der Waals surface area contributed by atoms with Gasteiger partial charge in [0.05, 0.1) is 11.7 Å². The highest BCUT2D eigenvalue weighted by Crippen LogP contribution is 2.65. The second-order valence-corrected chi connectivity index (χ2v) is 14.9. The number of carbonyl (C=O) groups excluding carboxylic acids is 4. The molecule has 10 nitrogen and oxygen atoms in total. The van der Waals surface area contributed by atoms with E-state index < -0.39 is 36.6 Å². The van der Waals surface area contributed by atoms with E-state index in [1.54, 1.807) is 31.2 Å². The first-order valence-corrected chi connectivity index (χ1v) is 16.8. The van der Waals surface area contributed by atoms with Crippen molar-refractivity contribution in [3.05, 3.63) is 71.8 Å². The molecule has 11 heteroatoms. The second-order valence-electron chi connectivity index (χ2n) is 14.9. The van der Waals surface area contributed by atoms with E-state index in [0.29, 0.717) is 30.1 Å². The molecule has 1 aliphatic heterocycles. The quantitative estimate of drug-likeness (QED) is 0.184. The maximum atomic E-state index is 13.8. The van der Waals surface area contributed by atoms with E-state index in [0.717, 1.165) is 18.4 Å². The van der Waals surface area contributed by atoms with Crippen molar-refractivity contribution in [1.82, 2.24) is 21.3 Å². The Balaban J connectivity index is 1.21. The van der Waals surface area contributed by atoms with Crippen LogP contribution in [0, 0.1) is 23.2 Å². The van der Waals surface area contributed by atoms with Crippen LogP contribution in [-0.2, 0) is 30.1 Å². The standard InChI is InChI=1S/C36H49BN4O6/c1-23(2)30(40-31(43)25-15-11-8-12-16-25)33(45)39-27(17-24-13-9-7-10-14-24)32(44)41-35(5,21-42)20-38-22-37-46-29-19-26-18-28(34(26,3)4)36(29,6)47-37/h7-16,21,23,26-30,38H,17-20,22H2,1-6H3,(H,39,45)(H,40,43)(H,41,44). The first-order valence-electron chi connectivity index (χ1n) is 16.8. The van der Waals surface area contributed by atoms with Crippen molar-refractivity contribution in [3.63, 3.8) is 0 Å². The molecule has 0 spiro atoms. The summed E-state index contributed by atoms with van der Waals surface area (Å²) in [6.45, 7) is 12.2. The molecule has 1 heterocycles. The van der Waals surface area contributed by atoms with Gasteiger partial charge in [-0.3, -0.25) is 14.4 Å². The summed E-state index contributed by atoms with van der Waals surface area (Å²) in [5, 5.41) is 11.8. The molecule has 3 aliphatic carbocycles. The van der Waals surface area contributed by atoms with Crippen molar-refractivity contribution in [2.45, 2.75) is 90.1 Å². The zero-order valence-corrected chi connectivity index (χ0v) is 28.4. The van der Waals surface area contributed by atoms with Crippen molar-refractivity contribution < 1.29 is 28.5 Å².